The van der Waals surface area contributed by atoms with Crippen molar-refractivity contribution in [1.29, 1.82) is 0 Å². The molecular weight excluding hydrogens is 362 g/mol. The second kappa shape index (κ2) is 9.02. The van der Waals surface area contributed by atoms with Gasteiger partial charge in [-0.05, 0) is 55.3 Å². The first-order chi connectivity index (χ1) is 14.0. The van der Waals surface area contributed by atoms with Crippen LogP contribution < -0.4 is 4.90 Å². The van der Waals surface area contributed by atoms with Crippen LogP contribution in [0.3, 0.4) is 0 Å². The van der Waals surface area contributed by atoms with E-state index in [0.29, 0.717) is 5.56 Å². The number of aryl methyl sites for hydroxylation is 2. The van der Waals surface area contributed by atoms with Gasteiger partial charge in [0.25, 0.3) is 0 Å². The van der Waals surface area contributed by atoms with Gasteiger partial charge in [0.1, 0.15) is 5.57 Å². The van der Waals surface area contributed by atoms with Gasteiger partial charge in [0.05, 0.1) is 7.11 Å². The largest absolute Gasteiger partial charge is 0.465 e. The van der Waals surface area contributed by atoms with Crippen LogP contribution in [0.4, 0.5) is 11.4 Å². The minimum absolute atomic E-state index is 0.0385. The number of rotatable bonds is 6. The number of anilines is 2. The summed E-state index contributed by atoms with van der Waals surface area (Å²) in [7, 11) is 1.28. The Morgan fingerprint density at radius 2 is 1.34 bits per heavy atom. The van der Waals surface area contributed by atoms with Gasteiger partial charge in [0.2, 0.25) is 5.78 Å². The zero-order chi connectivity index (χ0) is 20.8. The van der Waals surface area contributed by atoms with Crippen molar-refractivity contribution in [2.24, 2.45) is 0 Å². The topological polar surface area (TPSA) is 46.6 Å². The van der Waals surface area contributed by atoms with Gasteiger partial charge in [-0.25, -0.2) is 4.79 Å². The van der Waals surface area contributed by atoms with Crippen molar-refractivity contribution in [3.63, 3.8) is 0 Å². The number of esters is 1. The van der Waals surface area contributed by atoms with E-state index in [4.69, 9.17) is 4.74 Å². The molecule has 3 aromatic rings. The third kappa shape index (κ3) is 4.61. The molecule has 0 atom stereocenters. The van der Waals surface area contributed by atoms with Gasteiger partial charge in [-0.1, -0.05) is 48.5 Å². The molecule has 0 unspecified atom stereocenters. The van der Waals surface area contributed by atoms with Crippen LogP contribution in [0.2, 0.25) is 0 Å². The first kappa shape index (κ1) is 20.1. The number of nitrogens with zero attached hydrogens (tertiary/aromatic N) is 1. The van der Waals surface area contributed by atoms with E-state index in [2.05, 4.69) is 0 Å². The van der Waals surface area contributed by atoms with Crippen LogP contribution >= 0.6 is 0 Å². The first-order valence-corrected chi connectivity index (χ1v) is 9.32. The molecule has 0 radical (unpaired) electrons. The van der Waals surface area contributed by atoms with Gasteiger partial charge < -0.3 is 9.64 Å². The summed E-state index contributed by atoms with van der Waals surface area (Å²) in [6.07, 6.45) is 1.55. The summed E-state index contributed by atoms with van der Waals surface area (Å²) in [4.78, 5) is 27.6. The lowest BCUT2D eigenvalue weighted by Crippen LogP contribution is -2.20. The lowest BCUT2D eigenvalue weighted by Gasteiger charge is -2.22. The molecule has 3 aromatic carbocycles. The SMILES string of the molecule is COC(=O)C(=CN(c1ccccc1)c1ccccc1)C(=O)c1ccc(C)c(C)c1. The highest BCUT2D eigenvalue weighted by atomic mass is 16.5. The second-order valence-electron chi connectivity index (χ2n) is 6.70. The van der Waals surface area contributed by atoms with Gasteiger partial charge >= 0.3 is 5.97 Å². The average Bonchev–Trinajstić information content (AvgIpc) is 2.76. The highest BCUT2D eigenvalue weighted by Crippen LogP contribution is 2.27. The van der Waals surface area contributed by atoms with Crippen LogP contribution in [0.15, 0.2) is 90.6 Å². The molecule has 0 aliphatic carbocycles. The molecule has 0 heterocycles. The van der Waals surface area contributed by atoms with Crippen molar-refractivity contribution >= 4 is 23.1 Å². The van der Waals surface area contributed by atoms with E-state index in [9.17, 15) is 9.59 Å². The molecule has 29 heavy (non-hydrogen) atoms. The number of carbonyl (C=O) groups is 2. The van der Waals surface area contributed by atoms with Crippen molar-refractivity contribution in [1.82, 2.24) is 0 Å². The number of hydrogen-bond acceptors (Lipinski definition) is 4. The Kier molecular flexibility index (Phi) is 6.25. The third-order valence-corrected chi connectivity index (χ3v) is 4.75. The molecule has 0 amide bonds. The predicted molar refractivity (Wildman–Crippen MR) is 115 cm³/mol. The van der Waals surface area contributed by atoms with E-state index in [0.717, 1.165) is 22.5 Å². The Morgan fingerprint density at radius 1 is 0.793 bits per heavy atom. The smallest absolute Gasteiger partial charge is 0.343 e. The Morgan fingerprint density at radius 3 is 1.83 bits per heavy atom. The molecule has 0 saturated carbocycles. The number of para-hydroxylation sites is 2. The van der Waals surface area contributed by atoms with Crippen LogP contribution in [0.25, 0.3) is 0 Å². The van der Waals surface area contributed by atoms with Crippen molar-refractivity contribution < 1.29 is 14.3 Å². The van der Waals surface area contributed by atoms with Gasteiger partial charge in [0.15, 0.2) is 0 Å². The fraction of sp³-hybridized carbons (Fsp3) is 0.120. The number of methoxy groups -OCH3 is 1. The standard InChI is InChI=1S/C25H23NO3/c1-18-14-15-20(16-19(18)2)24(27)23(25(28)29-3)17-26(21-10-6-4-7-11-21)22-12-8-5-9-13-22/h4-17H,1-3H3. The number of ether oxygens (including phenoxy) is 1. The first-order valence-electron chi connectivity index (χ1n) is 9.32. The Balaban J connectivity index is 2.12. The van der Waals surface area contributed by atoms with Gasteiger partial charge in [-0.3, -0.25) is 4.79 Å². The van der Waals surface area contributed by atoms with E-state index in [1.807, 2.05) is 85.5 Å². The Hall–Kier alpha value is -3.66. The number of hydrogen-bond donors (Lipinski definition) is 0. The number of carbonyl (C=O) groups excluding carboxylic acids is 2. The molecule has 146 valence electrons. The van der Waals surface area contributed by atoms with E-state index >= 15 is 0 Å². The van der Waals surface area contributed by atoms with E-state index in [1.54, 1.807) is 18.3 Å². The van der Waals surface area contributed by atoms with Crippen LogP contribution in [0.5, 0.6) is 0 Å². The van der Waals surface area contributed by atoms with E-state index < -0.39 is 5.97 Å². The van der Waals surface area contributed by atoms with E-state index in [-0.39, 0.29) is 11.4 Å². The van der Waals surface area contributed by atoms with Crippen LogP contribution in [-0.4, -0.2) is 18.9 Å². The molecule has 3 rings (SSSR count). The average molecular weight is 385 g/mol. The second-order valence-corrected chi connectivity index (χ2v) is 6.70. The fourth-order valence-corrected chi connectivity index (χ4v) is 2.96. The normalized spacial score (nSPS) is 11.1. The zero-order valence-corrected chi connectivity index (χ0v) is 16.8. The molecule has 4 heteroatoms. The maximum Gasteiger partial charge on any atom is 0.343 e. The maximum atomic E-state index is 13.2. The monoisotopic (exact) mass is 385 g/mol. The number of benzene rings is 3. The van der Waals surface area contributed by atoms with Crippen molar-refractivity contribution in [2.45, 2.75) is 13.8 Å². The molecule has 0 saturated heterocycles. The summed E-state index contributed by atoms with van der Waals surface area (Å²) in [6.45, 7) is 3.92. The van der Waals surface area contributed by atoms with Crippen molar-refractivity contribution in [3.05, 3.63) is 107 Å². The van der Waals surface area contributed by atoms with Crippen LogP contribution in [0.1, 0.15) is 21.5 Å². The lowest BCUT2D eigenvalue weighted by atomic mass is 9.99. The molecule has 4 nitrogen and oxygen atoms in total. The summed E-state index contributed by atoms with van der Waals surface area (Å²) < 4.78 is 4.93. The highest BCUT2D eigenvalue weighted by molar-refractivity contribution is 6.24. The summed E-state index contributed by atoms with van der Waals surface area (Å²) in [6, 6.07) is 24.5. The molecule has 0 spiro atoms. The quantitative estimate of drug-likeness (QED) is 0.188. The van der Waals surface area contributed by atoms with E-state index in [1.165, 1.54) is 7.11 Å². The van der Waals surface area contributed by atoms with Gasteiger partial charge in [0, 0.05) is 23.1 Å². The molecule has 0 N–H and O–H groups in total. The minimum Gasteiger partial charge on any atom is -0.465 e. The van der Waals surface area contributed by atoms with Crippen molar-refractivity contribution in [2.75, 3.05) is 12.0 Å². The van der Waals surface area contributed by atoms with Gasteiger partial charge in [-0.2, -0.15) is 0 Å². The predicted octanol–water partition coefficient (Wildman–Crippen LogP) is 5.38. The summed E-state index contributed by atoms with van der Waals surface area (Å²) >= 11 is 0. The molecule has 0 fully saturated rings. The molecular formula is C25H23NO3. The third-order valence-electron chi connectivity index (χ3n) is 4.75. The van der Waals surface area contributed by atoms with Crippen molar-refractivity contribution in [3.8, 4) is 0 Å². The lowest BCUT2D eigenvalue weighted by molar-refractivity contribution is -0.135. The summed E-state index contributed by atoms with van der Waals surface area (Å²) in [5.74, 6) is -1.05. The highest BCUT2D eigenvalue weighted by Gasteiger charge is 2.23. The number of Topliss-reactive ketones (excluding diaryl/α,β-unsaturated/α-hetero) is 1. The van der Waals surface area contributed by atoms with Crippen LogP contribution in [0, 0.1) is 13.8 Å². The number of ketones is 1. The molecule has 0 aliphatic rings. The minimum atomic E-state index is -0.676. The fourth-order valence-electron chi connectivity index (χ4n) is 2.96. The van der Waals surface area contributed by atoms with Gasteiger partial charge in [-0.15, -0.1) is 0 Å². The summed E-state index contributed by atoms with van der Waals surface area (Å²) in [5.41, 5.74) is 4.14. The molecule has 0 bridgehead atoms. The molecule has 0 aromatic heterocycles. The Labute approximate surface area is 171 Å². The maximum absolute atomic E-state index is 13.2. The summed E-state index contributed by atoms with van der Waals surface area (Å²) in [5, 5.41) is 0. The Bertz CT molecular complexity index is 1000. The molecule has 0 aliphatic heterocycles. The zero-order valence-electron chi connectivity index (χ0n) is 16.8. The van der Waals surface area contributed by atoms with Crippen LogP contribution in [-0.2, 0) is 9.53 Å².